The zero-order valence-electron chi connectivity index (χ0n) is 16.8. The number of rotatable bonds is 4. The van der Waals surface area contributed by atoms with Crippen LogP contribution in [0, 0.1) is 27.7 Å². The third kappa shape index (κ3) is 3.49. The second-order valence-corrected chi connectivity index (χ2v) is 8.26. The van der Waals surface area contributed by atoms with E-state index in [0.717, 1.165) is 38.4 Å². The largest absolute Gasteiger partial charge is 0.347 e. The third-order valence-electron chi connectivity index (χ3n) is 4.95. The molecule has 0 saturated carbocycles. The van der Waals surface area contributed by atoms with Crippen LogP contribution in [-0.2, 0) is 6.54 Å². The second-order valence-electron chi connectivity index (χ2n) is 7.26. The minimum Gasteiger partial charge on any atom is -0.347 e. The number of carbonyl (C=O) groups excluding carboxylic acids is 1. The lowest BCUT2D eigenvalue weighted by atomic mass is 10.1. The number of carbonyl (C=O) groups is 1. The summed E-state index contributed by atoms with van der Waals surface area (Å²) in [7, 11) is 0. The molecule has 29 heavy (non-hydrogen) atoms. The number of hydrogen-bond donors (Lipinski definition) is 2. The van der Waals surface area contributed by atoms with Crippen LogP contribution >= 0.6 is 11.3 Å². The summed E-state index contributed by atoms with van der Waals surface area (Å²) >= 11 is 1.37. The second kappa shape index (κ2) is 7.33. The minimum atomic E-state index is -0.215. The molecule has 4 heterocycles. The Morgan fingerprint density at radius 3 is 2.55 bits per heavy atom. The van der Waals surface area contributed by atoms with Crippen LogP contribution in [-0.4, -0.2) is 20.4 Å². The van der Waals surface area contributed by atoms with Gasteiger partial charge >= 0.3 is 0 Å². The summed E-state index contributed by atoms with van der Waals surface area (Å²) in [6.45, 7) is 7.88. The van der Waals surface area contributed by atoms with Crippen LogP contribution in [0.5, 0.6) is 0 Å². The van der Waals surface area contributed by atoms with Gasteiger partial charge in [0.1, 0.15) is 9.71 Å². The van der Waals surface area contributed by atoms with Gasteiger partial charge in [0.15, 0.2) is 0 Å². The van der Waals surface area contributed by atoms with Gasteiger partial charge in [0.05, 0.1) is 5.69 Å². The van der Waals surface area contributed by atoms with Crippen LogP contribution in [0.1, 0.15) is 37.7 Å². The zero-order chi connectivity index (χ0) is 20.7. The number of H-pyrrole nitrogens is 1. The predicted octanol–water partition coefficient (Wildman–Crippen LogP) is 3.94. The molecule has 0 aliphatic carbocycles. The van der Waals surface area contributed by atoms with Crippen molar-refractivity contribution < 1.29 is 4.79 Å². The Hall–Kier alpha value is -3.19. The number of amides is 1. The molecule has 0 aliphatic rings. The molecule has 0 spiro atoms. The van der Waals surface area contributed by atoms with Crippen molar-refractivity contribution in [1.29, 1.82) is 0 Å². The number of nitrogens with one attached hydrogen (secondary N) is 2. The molecule has 0 aromatic carbocycles. The monoisotopic (exact) mass is 406 g/mol. The first kappa shape index (κ1) is 19.1. The molecular weight excluding hydrogens is 384 g/mol. The lowest BCUT2D eigenvalue weighted by Gasteiger charge is -2.10. The summed E-state index contributed by atoms with van der Waals surface area (Å²) < 4.78 is 1.95. The predicted molar refractivity (Wildman–Crippen MR) is 116 cm³/mol. The molecule has 1 amide bonds. The smallest absolute Gasteiger partial charge is 0.263 e. The van der Waals surface area contributed by atoms with Crippen LogP contribution < -0.4 is 10.9 Å². The number of hydrogen-bond acceptors (Lipinski definition) is 4. The standard InChI is InChI=1S/C22H22N4O2S/c1-12-9-14(3)24-20(27)16(12)11-23-21(28)19-18(26-7-5-6-8-26)17-13(2)10-15(4)25-22(17)29-19/h5-10H,11H2,1-4H3,(H,23,28)(H,24,27). The lowest BCUT2D eigenvalue weighted by molar-refractivity contribution is 0.0955. The molecule has 0 saturated heterocycles. The molecule has 0 radical (unpaired) electrons. The molecule has 7 heteroatoms. The average molecular weight is 407 g/mol. The van der Waals surface area contributed by atoms with E-state index in [1.54, 1.807) is 0 Å². The Balaban J connectivity index is 1.76. The molecule has 6 nitrogen and oxygen atoms in total. The summed E-state index contributed by atoms with van der Waals surface area (Å²) in [5, 5.41) is 3.90. The molecule has 0 aliphatic heterocycles. The molecule has 4 aromatic heterocycles. The lowest BCUT2D eigenvalue weighted by Crippen LogP contribution is -2.28. The highest BCUT2D eigenvalue weighted by Gasteiger charge is 2.22. The van der Waals surface area contributed by atoms with Gasteiger partial charge in [0, 0.05) is 41.3 Å². The van der Waals surface area contributed by atoms with Gasteiger partial charge in [0.2, 0.25) is 0 Å². The number of pyridine rings is 2. The van der Waals surface area contributed by atoms with Crippen molar-refractivity contribution in [1.82, 2.24) is 19.9 Å². The first-order valence-electron chi connectivity index (χ1n) is 9.37. The Morgan fingerprint density at radius 1 is 1.14 bits per heavy atom. The SMILES string of the molecule is Cc1cc(C)c2c(-n3cccc3)c(C(=O)NCc3c(C)cc(C)[nH]c3=O)sc2n1. The van der Waals surface area contributed by atoms with Gasteiger partial charge in [-0.3, -0.25) is 9.59 Å². The summed E-state index contributed by atoms with van der Waals surface area (Å²) in [6, 6.07) is 7.79. The van der Waals surface area contributed by atoms with E-state index in [-0.39, 0.29) is 18.0 Å². The normalized spacial score (nSPS) is 11.2. The Bertz CT molecular complexity index is 1280. The van der Waals surface area contributed by atoms with E-state index in [1.165, 1.54) is 11.3 Å². The van der Waals surface area contributed by atoms with E-state index >= 15 is 0 Å². The van der Waals surface area contributed by atoms with Gasteiger partial charge in [0.25, 0.3) is 11.5 Å². The number of thiophene rings is 1. The molecule has 0 atom stereocenters. The molecular formula is C22H22N4O2S. The number of aromatic nitrogens is 3. The molecule has 0 bridgehead atoms. The van der Waals surface area contributed by atoms with Crippen LogP contribution in [0.4, 0.5) is 0 Å². The Kier molecular flexibility index (Phi) is 4.84. The Labute approximate surface area is 172 Å². The summed E-state index contributed by atoms with van der Waals surface area (Å²) in [5.74, 6) is -0.215. The van der Waals surface area contributed by atoms with Crippen LogP contribution in [0.25, 0.3) is 15.9 Å². The van der Waals surface area contributed by atoms with E-state index in [1.807, 2.05) is 68.9 Å². The van der Waals surface area contributed by atoms with Crippen LogP contribution in [0.3, 0.4) is 0 Å². The fourth-order valence-corrected chi connectivity index (χ4v) is 4.87. The molecule has 4 aromatic rings. The van der Waals surface area contributed by atoms with Crippen LogP contribution in [0.15, 0.2) is 41.5 Å². The number of aromatic amines is 1. The zero-order valence-corrected chi connectivity index (χ0v) is 17.6. The van der Waals surface area contributed by atoms with Gasteiger partial charge < -0.3 is 14.9 Å². The molecule has 0 unspecified atom stereocenters. The van der Waals surface area contributed by atoms with E-state index < -0.39 is 0 Å². The molecule has 148 valence electrons. The molecule has 2 N–H and O–H groups in total. The fraction of sp³-hybridized carbons (Fsp3) is 0.227. The van der Waals surface area contributed by atoms with Gasteiger partial charge in [-0.25, -0.2) is 4.98 Å². The van der Waals surface area contributed by atoms with Crippen molar-refractivity contribution in [3.8, 4) is 5.69 Å². The van der Waals surface area contributed by atoms with Crippen molar-refractivity contribution in [3.05, 3.63) is 80.0 Å². The number of nitrogens with zero attached hydrogens (tertiary/aromatic N) is 2. The maximum atomic E-state index is 13.1. The Morgan fingerprint density at radius 2 is 1.86 bits per heavy atom. The van der Waals surface area contributed by atoms with Crippen molar-refractivity contribution in [3.63, 3.8) is 0 Å². The average Bonchev–Trinajstić information content (AvgIpc) is 3.27. The third-order valence-corrected chi connectivity index (χ3v) is 6.02. The van der Waals surface area contributed by atoms with E-state index in [9.17, 15) is 9.59 Å². The highest BCUT2D eigenvalue weighted by atomic mass is 32.1. The van der Waals surface area contributed by atoms with Crippen molar-refractivity contribution in [2.75, 3.05) is 0 Å². The molecule has 0 fully saturated rings. The van der Waals surface area contributed by atoms with E-state index in [4.69, 9.17) is 0 Å². The fourth-order valence-electron chi connectivity index (χ4n) is 3.66. The first-order chi connectivity index (χ1) is 13.8. The minimum absolute atomic E-state index is 0.169. The summed E-state index contributed by atoms with van der Waals surface area (Å²) in [4.78, 5) is 34.2. The summed E-state index contributed by atoms with van der Waals surface area (Å²) in [6.07, 6.45) is 3.85. The van der Waals surface area contributed by atoms with Gasteiger partial charge in [-0.2, -0.15) is 0 Å². The van der Waals surface area contributed by atoms with Crippen molar-refractivity contribution in [2.24, 2.45) is 0 Å². The maximum absolute atomic E-state index is 13.1. The van der Waals surface area contributed by atoms with E-state index in [0.29, 0.717) is 10.4 Å². The topological polar surface area (TPSA) is 79.8 Å². The summed E-state index contributed by atoms with van der Waals surface area (Å²) in [5.41, 5.74) is 4.89. The van der Waals surface area contributed by atoms with Gasteiger partial charge in [-0.05, 0) is 63.1 Å². The van der Waals surface area contributed by atoms with Crippen LogP contribution in [0.2, 0.25) is 0 Å². The van der Waals surface area contributed by atoms with Crippen molar-refractivity contribution in [2.45, 2.75) is 34.2 Å². The van der Waals surface area contributed by atoms with E-state index in [2.05, 4.69) is 15.3 Å². The first-order valence-corrected chi connectivity index (χ1v) is 10.2. The quantitative estimate of drug-likeness (QED) is 0.539. The highest BCUT2D eigenvalue weighted by Crippen LogP contribution is 2.35. The highest BCUT2D eigenvalue weighted by molar-refractivity contribution is 7.21. The van der Waals surface area contributed by atoms with Gasteiger partial charge in [-0.1, -0.05) is 0 Å². The number of fused-ring (bicyclic) bond motifs is 1. The van der Waals surface area contributed by atoms with Crippen molar-refractivity contribution >= 4 is 27.5 Å². The molecule has 4 rings (SSSR count). The van der Waals surface area contributed by atoms with Gasteiger partial charge in [-0.15, -0.1) is 11.3 Å². The maximum Gasteiger partial charge on any atom is 0.263 e. The number of aryl methyl sites for hydroxylation is 4.